The molecule has 1 aliphatic rings. The predicted octanol–water partition coefficient (Wildman–Crippen LogP) is 2.05. The lowest BCUT2D eigenvalue weighted by Crippen LogP contribution is -2.17. The number of carbonyl (C=O) groups excluding carboxylic acids is 2. The molecule has 0 bridgehead atoms. The maximum absolute atomic E-state index is 11.3. The van der Waals surface area contributed by atoms with E-state index in [1.165, 1.54) is 0 Å². The van der Waals surface area contributed by atoms with E-state index in [2.05, 4.69) is 10.6 Å². The van der Waals surface area contributed by atoms with E-state index in [1.54, 1.807) is 6.08 Å². The first-order chi connectivity index (χ1) is 7.69. The molecule has 1 aromatic rings. The molecule has 1 saturated heterocycles. The van der Waals surface area contributed by atoms with Crippen molar-refractivity contribution in [1.29, 1.82) is 0 Å². The summed E-state index contributed by atoms with van der Waals surface area (Å²) in [6, 6.07) is 7.59. The number of nitrogens with one attached hydrogen (secondary N) is 2. The molecule has 5 heteroatoms. The predicted molar refractivity (Wildman–Crippen MR) is 65.1 cm³/mol. The maximum Gasteiger partial charge on any atom is 0.290 e. The fourth-order valence-electron chi connectivity index (χ4n) is 1.32. The number of hydrogen-bond acceptors (Lipinski definition) is 4. The Kier molecular flexibility index (Phi) is 2.96. The minimum Gasteiger partial charge on any atom is -0.388 e. The molecule has 2 N–H and O–H groups in total. The fourth-order valence-corrected chi connectivity index (χ4v) is 2.00. The second-order valence-corrected chi connectivity index (χ2v) is 4.24. The molecule has 0 aromatic heterocycles. The largest absolute Gasteiger partial charge is 0.388 e. The van der Waals surface area contributed by atoms with Crippen LogP contribution in [0.4, 0.5) is 10.5 Å². The van der Waals surface area contributed by atoms with Gasteiger partial charge in [-0.25, -0.2) is 0 Å². The molecule has 0 saturated carbocycles. The zero-order chi connectivity index (χ0) is 11.5. The van der Waals surface area contributed by atoms with E-state index < -0.39 is 0 Å². The van der Waals surface area contributed by atoms with Crippen LogP contribution < -0.4 is 10.6 Å². The molecule has 0 aliphatic carbocycles. The molecule has 2 rings (SSSR count). The van der Waals surface area contributed by atoms with Crippen molar-refractivity contribution in [3.05, 3.63) is 34.7 Å². The summed E-state index contributed by atoms with van der Waals surface area (Å²) in [6.45, 7) is 0. The van der Waals surface area contributed by atoms with Crippen LogP contribution in [0.15, 0.2) is 29.2 Å². The van der Waals surface area contributed by atoms with E-state index in [0.29, 0.717) is 4.91 Å². The molecule has 0 atom stereocenters. The number of rotatable bonds is 2. The van der Waals surface area contributed by atoms with Crippen molar-refractivity contribution in [3.8, 4) is 0 Å². The van der Waals surface area contributed by atoms with E-state index >= 15 is 0 Å². The van der Waals surface area contributed by atoms with Crippen LogP contribution in [0, 0.1) is 0 Å². The number of carbonyl (C=O) groups is 2. The lowest BCUT2D eigenvalue weighted by molar-refractivity contribution is -0.115. The van der Waals surface area contributed by atoms with Crippen molar-refractivity contribution in [2.45, 2.75) is 0 Å². The van der Waals surface area contributed by atoms with Gasteiger partial charge in [0.05, 0.1) is 4.91 Å². The Morgan fingerprint density at radius 3 is 2.44 bits per heavy atom. The van der Waals surface area contributed by atoms with Gasteiger partial charge in [0.25, 0.3) is 11.1 Å². The molecule has 0 radical (unpaired) electrons. The summed E-state index contributed by atoms with van der Waals surface area (Å²) in [4.78, 5) is 22.6. The standard InChI is InChI=1S/C11H10N2O2S/c1-12-8-4-2-7(3-5-8)6-9-10(14)13-11(15)16-9/h2-6,12H,1H3,(H,13,14,15)/b9-6-. The fraction of sp³-hybridized carbons (Fsp3) is 0.0909. The molecular weight excluding hydrogens is 224 g/mol. The first-order valence-corrected chi connectivity index (χ1v) is 5.53. The molecule has 82 valence electrons. The number of anilines is 1. The highest BCUT2D eigenvalue weighted by atomic mass is 32.2. The highest BCUT2D eigenvalue weighted by molar-refractivity contribution is 8.18. The van der Waals surface area contributed by atoms with Crippen LogP contribution in [-0.4, -0.2) is 18.2 Å². The number of hydrogen-bond donors (Lipinski definition) is 2. The monoisotopic (exact) mass is 234 g/mol. The van der Waals surface area contributed by atoms with Crippen molar-refractivity contribution in [1.82, 2.24) is 5.32 Å². The lowest BCUT2D eigenvalue weighted by atomic mass is 10.2. The van der Waals surface area contributed by atoms with Gasteiger partial charge in [-0.3, -0.25) is 14.9 Å². The molecule has 2 amide bonds. The highest BCUT2D eigenvalue weighted by Crippen LogP contribution is 2.25. The minimum absolute atomic E-state index is 0.317. The second-order valence-electron chi connectivity index (χ2n) is 3.22. The van der Waals surface area contributed by atoms with Gasteiger partial charge in [-0.15, -0.1) is 0 Å². The van der Waals surface area contributed by atoms with Crippen LogP contribution in [0.3, 0.4) is 0 Å². The van der Waals surface area contributed by atoms with Gasteiger partial charge in [-0.1, -0.05) is 12.1 Å². The Hall–Kier alpha value is -1.75. The summed E-state index contributed by atoms with van der Waals surface area (Å²) < 4.78 is 0. The Bertz CT molecular complexity index is 465. The SMILES string of the molecule is CNc1ccc(/C=C2\SC(=O)NC2=O)cc1. The number of imide groups is 1. The van der Waals surface area contributed by atoms with Gasteiger partial charge < -0.3 is 5.32 Å². The van der Waals surface area contributed by atoms with Crippen molar-refractivity contribution in [2.24, 2.45) is 0 Å². The molecule has 1 fully saturated rings. The Morgan fingerprint density at radius 2 is 1.94 bits per heavy atom. The Labute approximate surface area is 97.1 Å². The van der Waals surface area contributed by atoms with Crippen LogP contribution in [0.1, 0.15) is 5.56 Å². The second kappa shape index (κ2) is 4.40. The van der Waals surface area contributed by atoms with Crippen molar-refractivity contribution in [3.63, 3.8) is 0 Å². The molecule has 1 aliphatic heterocycles. The normalized spacial score (nSPS) is 17.7. The minimum atomic E-state index is -0.326. The molecular formula is C11H10N2O2S. The molecule has 4 nitrogen and oxygen atoms in total. The summed E-state index contributed by atoms with van der Waals surface area (Å²) in [5.41, 5.74) is 1.90. The van der Waals surface area contributed by atoms with Crippen molar-refractivity contribution >= 4 is 34.7 Å². The quantitative estimate of drug-likeness (QED) is 0.769. The summed E-state index contributed by atoms with van der Waals surface area (Å²) in [5.74, 6) is -0.326. The van der Waals surface area contributed by atoms with Crippen LogP contribution >= 0.6 is 11.8 Å². The van der Waals surface area contributed by atoms with Gasteiger partial charge in [0, 0.05) is 12.7 Å². The summed E-state index contributed by atoms with van der Waals surface area (Å²) in [6.07, 6.45) is 1.70. The maximum atomic E-state index is 11.3. The van der Waals surface area contributed by atoms with Gasteiger partial charge in [-0.2, -0.15) is 0 Å². The first kappa shape index (κ1) is 10.8. The average Bonchev–Trinajstić information content (AvgIpc) is 2.59. The van der Waals surface area contributed by atoms with Gasteiger partial charge >= 0.3 is 0 Å². The average molecular weight is 234 g/mol. The van der Waals surface area contributed by atoms with E-state index in [0.717, 1.165) is 23.0 Å². The van der Waals surface area contributed by atoms with E-state index in [9.17, 15) is 9.59 Å². The van der Waals surface area contributed by atoms with Gasteiger partial charge in [0.2, 0.25) is 0 Å². The van der Waals surface area contributed by atoms with Gasteiger partial charge in [0.1, 0.15) is 0 Å². The van der Waals surface area contributed by atoms with Crippen LogP contribution in [0.5, 0.6) is 0 Å². The first-order valence-electron chi connectivity index (χ1n) is 4.72. The topological polar surface area (TPSA) is 58.2 Å². The lowest BCUT2D eigenvalue weighted by Gasteiger charge is -1.99. The number of benzene rings is 1. The van der Waals surface area contributed by atoms with E-state index in [-0.39, 0.29) is 11.1 Å². The number of amides is 2. The van der Waals surface area contributed by atoms with E-state index in [4.69, 9.17) is 0 Å². The molecule has 16 heavy (non-hydrogen) atoms. The molecule has 0 spiro atoms. The molecule has 1 aromatic carbocycles. The third-order valence-corrected chi connectivity index (χ3v) is 2.95. The van der Waals surface area contributed by atoms with Crippen LogP contribution in [0.25, 0.3) is 6.08 Å². The summed E-state index contributed by atoms with van der Waals surface area (Å²) in [7, 11) is 1.84. The third kappa shape index (κ3) is 2.25. The zero-order valence-corrected chi connectivity index (χ0v) is 9.43. The smallest absolute Gasteiger partial charge is 0.290 e. The molecule has 1 heterocycles. The van der Waals surface area contributed by atoms with E-state index in [1.807, 2.05) is 31.3 Å². The zero-order valence-electron chi connectivity index (χ0n) is 8.61. The summed E-state index contributed by atoms with van der Waals surface area (Å²) >= 11 is 0.924. The van der Waals surface area contributed by atoms with Crippen LogP contribution in [-0.2, 0) is 4.79 Å². The molecule has 0 unspecified atom stereocenters. The number of thioether (sulfide) groups is 1. The summed E-state index contributed by atoms with van der Waals surface area (Å²) in [5, 5.41) is 4.90. The van der Waals surface area contributed by atoms with Gasteiger partial charge in [0.15, 0.2) is 0 Å². The van der Waals surface area contributed by atoms with Crippen molar-refractivity contribution in [2.75, 3.05) is 12.4 Å². The Balaban J connectivity index is 2.22. The third-order valence-electron chi connectivity index (χ3n) is 2.14. The highest BCUT2D eigenvalue weighted by Gasteiger charge is 2.24. The van der Waals surface area contributed by atoms with Gasteiger partial charge in [-0.05, 0) is 35.5 Å². The van der Waals surface area contributed by atoms with Crippen LogP contribution in [0.2, 0.25) is 0 Å². The van der Waals surface area contributed by atoms with Crippen molar-refractivity contribution < 1.29 is 9.59 Å². The Morgan fingerprint density at radius 1 is 1.25 bits per heavy atom.